The lowest BCUT2D eigenvalue weighted by Crippen LogP contribution is -2.04. The van der Waals surface area contributed by atoms with Crippen molar-refractivity contribution in [2.24, 2.45) is 0 Å². The third-order valence-electron chi connectivity index (χ3n) is 1.84. The van der Waals surface area contributed by atoms with Crippen LogP contribution in [0.3, 0.4) is 0 Å². The van der Waals surface area contributed by atoms with E-state index in [1.807, 2.05) is 0 Å². The van der Waals surface area contributed by atoms with Gasteiger partial charge in [0.1, 0.15) is 11.9 Å². The minimum atomic E-state index is -1.11. The molecule has 15 heavy (non-hydrogen) atoms. The number of alkyl halides is 1. The first-order chi connectivity index (χ1) is 7.08. The molecule has 0 aromatic heterocycles. The molecule has 3 nitrogen and oxygen atoms in total. The van der Waals surface area contributed by atoms with Crippen LogP contribution in [0.4, 0.5) is 4.39 Å². The van der Waals surface area contributed by atoms with Gasteiger partial charge < -0.3 is 5.11 Å². The summed E-state index contributed by atoms with van der Waals surface area (Å²) >= 11 is 5.51. The molecule has 0 unspecified atom stereocenters. The summed E-state index contributed by atoms with van der Waals surface area (Å²) in [4.78, 5) is 10.5. The van der Waals surface area contributed by atoms with E-state index in [0.717, 1.165) is 6.07 Å². The van der Waals surface area contributed by atoms with Gasteiger partial charge in [-0.25, -0.2) is 4.39 Å². The second-order valence-corrected chi connectivity index (χ2v) is 3.19. The molecule has 0 atom stereocenters. The fourth-order valence-corrected chi connectivity index (χ4v) is 1.38. The Morgan fingerprint density at radius 3 is 2.73 bits per heavy atom. The molecule has 78 valence electrons. The van der Waals surface area contributed by atoms with Gasteiger partial charge in [0.25, 0.3) is 0 Å². The Bertz CT molecular complexity index is 440. The SMILES string of the molecule is N#Cc1c(F)cc(CCl)cc1CC(=O)O. The predicted molar refractivity (Wildman–Crippen MR) is 52.0 cm³/mol. The number of carboxylic acid groups (broad SMARTS) is 1. The summed E-state index contributed by atoms with van der Waals surface area (Å²) in [5.41, 5.74) is 0.385. The summed E-state index contributed by atoms with van der Waals surface area (Å²) in [6.07, 6.45) is -0.384. The molecule has 1 N–H and O–H groups in total. The summed E-state index contributed by atoms with van der Waals surface area (Å²) < 4.78 is 13.3. The smallest absolute Gasteiger partial charge is 0.307 e. The molecular weight excluding hydrogens is 221 g/mol. The monoisotopic (exact) mass is 227 g/mol. The topological polar surface area (TPSA) is 61.1 Å². The van der Waals surface area contributed by atoms with Crippen LogP contribution < -0.4 is 0 Å². The number of hydrogen-bond acceptors (Lipinski definition) is 2. The number of carbonyl (C=O) groups is 1. The van der Waals surface area contributed by atoms with E-state index in [-0.39, 0.29) is 23.4 Å². The average Bonchev–Trinajstić information content (AvgIpc) is 2.16. The summed E-state index contributed by atoms with van der Waals surface area (Å²) in [7, 11) is 0. The molecule has 0 aliphatic heterocycles. The van der Waals surface area contributed by atoms with Gasteiger partial charge in [-0.05, 0) is 17.2 Å². The minimum Gasteiger partial charge on any atom is -0.481 e. The summed E-state index contributed by atoms with van der Waals surface area (Å²) in [6.45, 7) is 0. The summed E-state index contributed by atoms with van der Waals surface area (Å²) in [5, 5.41) is 17.2. The van der Waals surface area contributed by atoms with Crippen molar-refractivity contribution in [1.29, 1.82) is 5.26 Å². The van der Waals surface area contributed by atoms with E-state index in [0.29, 0.717) is 5.56 Å². The standard InChI is InChI=1S/C10H7ClFNO2/c11-4-6-1-7(3-10(14)15)8(5-13)9(12)2-6/h1-2H,3-4H2,(H,14,15). The van der Waals surface area contributed by atoms with Crippen molar-refractivity contribution in [2.45, 2.75) is 12.3 Å². The molecule has 0 amide bonds. The molecule has 0 aliphatic carbocycles. The molecule has 1 aromatic carbocycles. The third-order valence-corrected chi connectivity index (χ3v) is 2.15. The van der Waals surface area contributed by atoms with Gasteiger partial charge >= 0.3 is 5.97 Å². The normalized spacial score (nSPS) is 9.67. The van der Waals surface area contributed by atoms with Crippen LogP contribution in [0.15, 0.2) is 12.1 Å². The lowest BCUT2D eigenvalue weighted by atomic mass is 10.0. The highest BCUT2D eigenvalue weighted by atomic mass is 35.5. The number of aliphatic carboxylic acids is 1. The quantitative estimate of drug-likeness (QED) is 0.804. The zero-order chi connectivity index (χ0) is 11.4. The van der Waals surface area contributed by atoms with Gasteiger partial charge in [0.2, 0.25) is 0 Å². The van der Waals surface area contributed by atoms with Gasteiger partial charge in [0.15, 0.2) is 0 Å². The molecule has 0 bridgehead atoms. The molecule has 0 spiro atoms. The van der Waals surface area contributed by atoms with E-state index >= 15 is 0 Å². The largest absolute Gasteiger partial charge is 0.481 e. The zero-order valence-corrected chi connectivity index (χ0v) is 8.38. The van der Waals surface area contributed by atoms with Crippen molar-refractivity contribution in [3.05, 3.63) is 34.6 Å². The van der Waals surface area contributed by atoms with Gasteiger partial charge in [-0.3, -0.25) is 4.79 Å². The van der Waals surface area contributed by atoms with E-state index in [1.165, 1.54) is 6.07 Å². The van der Waals surface area contributed by atoms with Gasteiger partial charge in [-0.1, -0.05) is 6.07 Å². The number of nitrogens with zero attached hydrogens (tertiary/aromatic N) is 1. The number of halogens is 2. The second kappa shape index (κ2) is 4.76. The molecule has 1 aromatic rings. The molecule has 0 heterocycles. The van der Waals surface area contributed by atoms with Crippen molar-refractivity contribution in [1.82, 2.24) is 0 Å². The predicted octanol–water partition coefficient (Wildman–Crippen LogP) is 2.06. The highest BCUT2D eigenvalue weighted by molar-refractivity contribution is 6.17. The van der Waals surface area contributed by atoms with Crippen molar-refractivity contribution >= 4 is 17.6 Å². The van der Waals surface area contributed by atoms with Crippen molar-refractivity contribution in [3.8, 4) is 6.07 Å². The van der Waals surface area contributed by atoms with Crippen LogP contribution in [-0.2, 0) is 17.1 Å². The van der Waals surface area contributed by atoms with Crippen LogP contribution in [0.5, 0.6) is 0 Å². The minimum absolute atomic E-state index is 0.0786. The van der Waals surface area contributed by atoms with Crippen LogP contribution in [0.2, 0.25) is 0 Å². The van der Waals surface area contributed by atoms with E-state index in [2.05, 4.69) is 0 Å². The number of hydrogen-bond donors (Lipinski definition) is 1. The van der Waals surface area contributed by atoms with Gasteiger partial charge in [-0.2, -0.15) is 5.26 Å². The Balaban J connectivity index is 3.27. The maximum atomic E-state index is 13.3. The van der Waals surface area contributed by atoms with Crippen LogP contribution in [0, 0.1) is 17.1 Å². The van der Waals surface area contributed by atoms with Crippen LogP contribution in [0.1, 0.15) is 16.7 Å². The Labute approximate surface area is 90.7 Å². The Kier molecular flexibility index (Phi) is 3.64. The fourth-order valence-electron chi connectivity index (χ4n) is 1.23. The fraction of sp³-hybridized carbons (Fsp3) is 0.200. The van der Waals surface area contributed by atoms with Gasteiger partial charge in [0.05, 0.1) is 12.0 Å². The highest BCUT2D eigenvalue weighted by Crippen LogP contribution is 2.18. The van der Waals surface area contributed by atoms with E-state index in [4.69, 9.17) is 22.0 Å². The average molecular weight is 228 g/mol. The summed E-state index contributed by atoms with van der Waals surface area (Å²) in [6, 6.07) is 4.21. The van der Waals surface area contributed by atoms with Crippen LogP contribution in [0.25, 0.3) is 0 Å². The zero-order valence-electron chi connectivity index (χ0n) is 7.63. The second-order valence-electron chi connectivity index (χ2n) is 2.93. The van der Waals surface area contributed by atoms with Gasteiger partial charge in [-0.15, -0.1) is 11.6 Å². The van der Waals surface area contributed by atoms with Crippen LogP contribution in [-0.4, -0.2) is 11.1 Å². The first-order valence-electron chi connectivity index (χ1n) is 4.07. The molecule has 0 saturated heterocycles. The van der Waals surface area contributed by atoms with Crippen LogP contribution >= 0.6 is 11.6 Å². The lowest BCUT2D eigenvalue weighted by molar-refractivity contribution is -0.136. The highest BCUT2D eigenvalue weighted by Gasteiger charge is 2.12. The molecular formula is C10H7ClFNO2. The van der Waals surface area contributed by atoms with E-state index in [1.54, 1.807) is 6.07 Å². The van der Waals surface area contributed by atoms with E-state index < -0.39 is 11.8 Å². The maximum Gasteiger partial charge on any atom is 0.307 e. The molecule has 5 heteroatoms. The molecule has 0 fully saturated rings. The Morgan fingerprint density at radius 1 is 1.60 bits per heavy atom. The van der Waals surface area contributed by atoms with Crippen molar-refractivity contribution < 1.29 is 14.3 Å². The number of benzene rings is 1. The summed E-state index contributed by atoms with van der Waals surface area (Å²) in [5.74, 6) is -1.76. The Morgan fingerprint density at radius 2 is 2.27 bits per heavy atom. The third kappa shape index (κ3) is 2.67. The first-order valence-corrected chi connectivity index (χ1v) is 4.61. The number of nitriles is 1. The number of rotatable bonds is 3. The maximum absolute atomic E-state index is 13.3. The van der Waals surface area contributed by atoms with E-state index in [9.17, 15) is 9.18 Å². The first kappa shape index (κ1) is 11.5. The molecule has 0 radical (unpaired) electrons. The lowest BCUT2D eigenvalue weighted by Gasteiger charge is -2.04. The van der Waals surface area contributed by atoms with Crippen molar-refractivity contribution in [2.75, 3.05) is 0 Å². The molecule has 0 saturated carbocycles. The molecule has 1 rings (SSSR count). The van der Waals surface area contributed by atoms with Gasteiger partial charge in [0, 0.05) is 5.88 Å². The number of carboxylic acids is 1. The van der Waals surface area contributed by atoms with Crippen molar-refractivity contribution in [3.63, 3.8) is 0 Å². The molecule has 0 aliphatic rings. The Hall–Kier alpha value is -1.60.